The Morgan fingerprint density at radius 1 is 1.08 bits per heavy atom. The van der Waals surface area contributed by atoms with Crippen molar-refractivity contribution in [3.63, 3.8) is 0 Å². The zero-order chi connectivity index (χ0) is 18.2. The number of alkyl halides is 3. The van der Waals surface area contributed by atoms with Gasteiger partial charge in [-0.25, -0.2) is 0 Å². The van der Waals surface area contributed by atoms with Crippen LogP contribution in [0.4, 0.5) is 0 Å². The molecule has 0 N–H and O–H groups in total. The van der Waals surface area contributed by atoms with E-state index in [4.69, 9.17) is 51.1 Å². The molecule has 0 fully saturated rings. The van der Waals surface area contributed by atoms with Gasteiger partial charge in [-0.05, 0) is 37.5 Å². The first-order chi connectivity index (χ1) is 11.1. The Labute approximate surface area is 163 Å². The molecule has 0 amide bonds. The number of unbranched alkanes of at least 4 members (excludes halogenated alkanes) is 3. The second kappa shape index (κ2) is 10.3. The molecule has 0 aromatic heterocycles. The van der Waals surface area contributed by atoms with Crippen molar-refractivity contribution >= 4 is 56.5 Å². The van der Waals surface area contributed by atoms with Gasteiger partial charge in [-0.1, -0.05) is 65.3 Å². The van der Waals surface area contributed by atoms with Crippen molar-refractivity contribution in [2.45, 2.75) is 36.4 Å². The summed E-state index contributed by atoms with van der Waals surface area (Å²) in [4.78, 5) is 0. The van der Waals surface area contributed by atoms with Crippen LogP contribution < -0.4 is 4.74 Å². The Morgan fingerprint density at radius 3 is 2.38 bits per heavy atom. The maximum absolute atomic E-state index is 11.6. The van der Waals surface area contributed by atoms with Gasteiger partial charge < -0.3 is 4.74 Å². The molecule has 0 heterocycles. The van der Waals surface area contributed by atoms with Crippen molar-refractivity contribution in [2.75, 3.05) is 19.0 Å². The Bertz CT molecular complexity index is 614. The van der Waals surface area contributed by atoms with Crippen molar-refractivity contribution in [3.8, 4) is 5.75 Å². The molecule has 9 heteroatoms. The molecule has 0 unspecified atom stereocenters. The van der Waals surface area contributed by atoms with Crippen LogP contribution >= 0.6 is 46.4 Å². The van der Waals surface area contributed by atoms with Crippen LogP contribution in [0.15, 0.2) is 18.2 Å². The zero-order valence-electron chi connectivity index (χ0n) is 13.2. The Balaban J connectivity index is 2.14. The molecule has 1 rings (SSSR count). The minimum Gasteiger partial charge on any atom is -0.492 e. The van der Waals surface area contributed by atoms with Crippen LogP contribution in [0.2, 0.25) is 5.02 Å². The van der Waals surface area contributed by atoms with Gasteiger partial charge in [0.15, 0.2) is 0 Å². The fourth-order valence-corrected chi connectivity index (χ4v) is 3.53. The summed E-state index contributed by atoms with van der Waals surface area (Å²) >= 11 is 22.4. The number of hydrogen-bond acceptors (Lipinski definition) is 4. The Morgan fingerprint density at radius 2 is 1.75 bits per heavy atom. The third kappa shape index (κ3) is 10.2. The maximum atomic E-state index is 11.6. The van der Waals surface area contributed by atoms with Crippen molar-refractivity contribution in [2.24, 2.45) is 0 Å². The van der Waals surface area contributed by atoms with E-state index in [0.717, 1.165) is 24.8 Å². The van der Waals surface area contributed by atoms with Gasteiger partial charge in [-0.3, -0.25) is 4.18 Å². The molecule has 0 spiro atoms. The molecule has 138 valence electrons. The van der Waals surface area contributed by atoms with Crippen molar-refractivity contribution in [1.29, 1.82) is 0 Å². The van der Waals surface area contributed by atoms with Crippen LogP contribution in [0.3, 0.4) is 0 Å². The Hall–Kier alpha value is 0.0900. The largest absolute Gasteiger partial charge is 0.492 e. The lowest BCUT2D eigenvalue weighted by atomic mass is 10.2. The molecule has 0 radical (unpaired) electrons. The maximum Gasteiger partial charge on any atom is 0.267 e. The summed E-state index contributed by atoms with van der Waals surface area (Å²) in [7, 11) is -3.66. The molecule has 0 atom stereocenters. The topological polar surface area (TPSA) is 52.6 Å². The van der Waals surface area contributed by atoms with E-state index in [-0.39, 0.29) is 5.75 Å². The average Bonchev–Trinajstić information content (AvgIpc) is 2.45. The summed E-state index contributed by atoms with van der Waals surface area (Å²) in [5, 5.41) is 0.590. The summed E-state index contributed by atoms with van der Waals surface area (Å²) < 4.78 is 31.7. The summed E-state index contributed by atoms with van der Waals surface area (Å²) in [5.74, 6) is 0.559. The molecule has 0 bridgehead atoms. The molecule has 1 aromatic carbocycles. The number of hydrogen-bond donors (Lipinski definition) is 0. The van der Waals surface area contributed by atoms with E-state index < -0.39 is 20.5 Å². The van der Waals surface area contributed by atoms with Crippen molar-refractivity contribution in [3.05, 3.63) is 28.8 Å². The highest BCUT2D eigenvalue weighted by Crippen LogP contribution is 2.27. The summed E-state index contributed by atoms with van der Waals surface area (Å²) in [6.45, 7) is 2.01. The Kier molecular flexibility index (Phi) is 9.49. The second-order valence-corrected chi connectivity index (χ2v) is 10.0. The van der Waals surface area contributed by atoms with Crippen molar-refractivity contribution in [1.82, 2.24) is 0 Å². The average molecular weight is 438 g/mol. The molecule has 0 aliphatic rings. The second-order valence-electron chi connectivity index (χ2n) is 5.34. The van der Waals surface area contributed by atoms with E-state index in [9.17, 15) is 8.42 Å². The monoisotopic (exact) mass is 436 g/mol. The van der Waals surface area contributed by atoms with E-state index in [0.29, 0.717) is 23.8 Å². The van der Waals surface area contributed by atoms with Gasteiger partial charge in [0.2, 0.25) is 3.79 Å². The van der Waals surface area contributed by atoms with E-state index in [1.54, 1.807) is 0 Å². The van der Waals surface area contributed by atoms with Gasteiger partial charge >= 0.3 is 0 Å². The van der Waals surface area contributed by atoms with E-state index >= 15 is 0 Å². The summed E-state index contributed by atoms with van der Waals surface area (Å²) in [6, 6.07) is 5.62. The van der Waals surface area contributed by atoms with Crippen LogP contribution in [0.1, 0.15) is 31.2 Å². The lowest BCUT2D eigenvalue weighted by Crippen LogP contribution is -2.19. The predicted molar refractivity (Wildman–Crippen MR) is 100 cm³/mol. The fraction of sp³-hybridized carbons (Fsp3) is 0.600. The van der Waals surface area contributed by atoms with Gasteiger partial charge in [-0.2, -0.15) is 8.42 Å². The lowest BCUT2D eigenvalue weighted by molar-refractivity contribution is 0.304. The molecule has 0 aliphatic carbocycles. The first-order valence-corrected chi connectivity index (χ1v) is 10.5. The predicted octanol–water partition coefficient (Wildman–Crippen LogP) is 5.30. The molecular formula is C15H20Cl4O4S. The van der Waals surface area contributed by atoms with Crippen LogP contribution in [0.25, 0.3) is 0 Å². The van der Waals surface area contributed by atoms with Gasteiger partial charge in [0.05, 0.1) is 17.4 Å². The van der Waals surface area contributed by atoms with Gasteiger partial charge in [0.25, 0.3) is 10.1 Å². The smallest absolute Gasteiger partial charge is 0.267 e. The minimum atomic E-state index is -3.66. The number of halogens is 4. The number of benzene rings is 1. The van der Waals surface area contributed by atoms with Crippen LogP contribution in [0.5, 0.6) is 5.75 Å². The number of rotatable bonds is 10. The number of aryl methyl sites for hydroxylation is 1. The van der Waals surface area contributed by atoms with Crippen LogP contribution in [-0.4, -0.2) is 31.2 Å². The standard InChI is InChI=1S/C15H20Cl4O4S/c1-12-6-7-14(13(16)10-12)22-8-4-2-3-5-9-24(20,21)23-11-15(17,18)19/h6-7,10H,2-5,8-9,11H2,1H3. The minimum absolute atomic E-state index is 0.0988. The molecule has 0 aliphatic heterocycles. The van der Waals surface area contributed by atoms with E-state index in [1.165, 1.54) is 0 Å². The highest BCUT2D eigenvalue weighted by atomic mass is 35.6. The van der Waals surface area contributed by atoms with Gasteiger partial charge in [-0.15, -0.1) is 0 Å². The molecule has 4 nitrogen and oxygen atoms in total. The van der Waals surface area contributed by atoms with Gasteiger partial charge in [0, 0.05) is 0 Å². The highest BCUT2D eigenvalue weighted by molar-refractivity contribution is 7.86. The SMILES string of the molecule is Cc1ccc(OCCCCCCS(=O)(=O)OCC(Cl)(Cl)Cl)c(Cl)c1. The van der Waals surface area contributed by atoms with Crippen LogP contribution in [-0.2, 0) is 14.3 Å². The summed E-state index contributed by atoms with van der Waals surface area (Å²) in [5.41, 5.74) is 1.07. The van der Waals surface area contributed by atoms with Gasteiger partial charge in [0.1, 0.15) is 12.4 Å². The third-order valence-electron chi connectivity index (χ3n) is 3.04. The third-order valence-corrected chi connectivity index (χ3v) is 4.92. The molecule has 0 saturated carbocycles. The molecular weight excluding hydrogens is 418 g/mol. The molecule has 1 aromatic rings. The quantitative estimate of drug-likeness (QED) is 0.283. The van der Waals surface area contributed by atoms with E-state index in [1.807, 2.05) is 25.1 Å². The van der Waals surface area contributed by atoms with E-state index in [2.05, 4.69) is 4.18 Å². The lowest BCUT2D eigenvalue weighted by Gasteiger charge is -2.11. The summed E-state index contributed by atoms with van der Waals surface area (Å²) in [6.07, 6.45) is 2.86. The zero-order valence-corrected chi connectivity index (χ0v) is 17.1. The molecule has 0 saturated heterocycles. The van der Waals surface area contributed by atoms with Crippen molar-refractivity contribution < 1.29 is 17.3 Å². The fourth-order valence-electron chi connectivity index (χ4n) is 1.86. The highest BCUT2D eigenvalue weighted by Gasteiger charge is 2.24. The van der Waals surface area contributed by atoms with Crippen LogP contribution in [0, 0.1) is 6.92 Å². The first-order valence-electron chi connectivity index (χ1n) is 7.42. The normalized spacial score (nSPS) is 12.4. The molecule has 24 heavy (non-hydrogen) atoms. The number of ether oxygens (including phenoxy) is 1. The first kappa shape index (κ1) is 22.1.